The van der Waals surface area contributed by atoms with Gasteiger partial charge in [-0.05, 0) is 82.1 Å². The molecule has 0 aliphatic carbocycles. The Hall–Kier alpha value is -3.88. The SMILES string of the molecule is C/C=C/CCCC/C=C/CCCCC(=O)O[C@@H]1[C@H](O)[C@@]2(CC[C@H](C)[C@H](O)[C@H](C)C/C=C/c3ccccc3)O[C@H](C(=O)O)[C@](O)(C(=O)O)[C@@]1(C(=O)O)O2. The first kappa shape index (κ1) is 42.5. The highest BCUT2D eigenvalue weighted by Gasteiger charge is 2.85. The standard InChI is InChI=1S/C39H54O13/c1-4-5-6-7-8-9-10-11-12-13-17-23-29(40)50-32-31(42)37(51-33(34(43)44)38(49,35(45)46)39(32,52-37)36(47)48)25-24-27(3)30(41)26(2)19-18-22-28-20-15-14-16-21-28/h4-5,10-11,14-16,18,20-22,26-27,30-33,41-42,49H,6-9,12-13,17,19,23-25H2,1-3H3,(H,43,44)(H,45,46)(H,47,48)/b5-4+,11-10+,22-18+/t26-,27+,30-,31+,32-,33-,37+,38+,39-/m1/s1. The fraction of sp³-hybridized carbons (Fsp3) is 0.590. The Bertz CT molecular complexity index is 1440. The maximum absolute atomic E-state index is 13.0. The number of aliphatic hydroxyl groups excluding tert-OH is 2. The van der Waals surface area contributed by atoms with E-state index in [4.69, 9.17) is 14.2 Å². The monoisotopic (exact) mass is 730 g/mol. The van der Waals surface area contributed by atoms with Crippen LogP contribution in [0.5, 0.6) is 0 Å². The smallest absolute Gasteiger partial charge is 0.344 e. The predicted molar refractivity (Wildman–Crippen MR) is 190 cm³/mol. The van der Waals surface area contributed by atoms with Crippen LogP contribution in [0.2, 0.25) is 0 Å². The van der Waals surface area contributed by atoms with Crippen molar-refractivity contribution in [2.45, 2.75) is 133 Å². The van der Waals surface area contributed by atoms with Gasteiger partial charge in [0.25, 0.3) is 0 Å². The summed E-state index contributed by atoms with van der Waals surface area (Å²) in [7, 11) is 0. The van der Waals surface area contributed by atoms with Crippen LogP contribution in [-0.4, -0.2) is 95.9 Å². The molecule has 1 aromatic carbocycles. The highest BCUT2D eigenvalue weighted by atomic mass is 16.8. The molecule has 2 bridgehead atoms. The van der Waals surface area contributed by atoms with Crippen molar-refractivity contribution in [3.63, 3.8) is 0 Å². The second-order valence-corrected chi connectivity index (χ2v) is 13.8. The normalized spacial score (nSPS) is 29.0. The topological polar surface area (TPSA) is 217 Å². The van der Waals surface area contributed by atoms with Crippen molar-refractivity contribution in [1.82, 2.24) is 0 Å². The fourth-order valence-electron chi connectivity index (χ4n) is 6.89. The number of carboxylic acid groups (broad SMARTS) is 3. The molecule has 2 fully saturated rings. The molecule has 0 radical (unpaired) electrons. The third-order valence-electron chi connectivity index (χ3n) is 9.99. The number of hydrogen-bond donors (Lipinski definition) is 6. The molecule has 0 aromatic heterocycles. The Kier molecular flexibility index (Phi) is 15.8. The third-order valence-corrected chi connectivity index (χ3v) is 9.99. The summed E-state index contributed by atoms with van der Waals surface area (Å²) in [4.78, 5) is 50.9. The van der Waals surface area contributed by atoms with Crippen molar-refractivity contribution in [2.75, 3.05) is 0 Å². The molecular formula is C39H54O13. The number of aliphatic hydroxyl groups is 3. The summed E-state index contributed by atoms with van der Waals surface area (Å²) in [5, 5.41) is 64.6. The number of fused-ring (bicyclic) bond motifs is 2. The number of hydrogen-bond acceptors (Lipinski definition) is 10. The van der Waals surface area contributed by atoms with Crippen LogP contribution >= 0.6 is 0 Å². The molecule has 9 atom stereocenters. The summed E-state index contributed by atoms with van der Waals surface area (Å²) in [5.74, 6) is -10.9. The molecule has 2 heterocycles. The van der Waals surface area contributed by atoms with E-state index in [1.54, 1.807) is 6.92 Å². The molecule has 13 heteroatoms. The van der Waals surface area contributed by atoms with E-state index >= 15 is 0 Å². The fourth-order valence-corrected chi connectivity index (χ4v) is 6.89. The second kappa shape index (κ2) is 19.3. The lowest BCUT2D eigenvalue weighted by molar-refractivity contribution is -0.374. The van der Waals surface area contributed by atoms with Gasteiger partial charge in [-0.25, -0.2) is 14.4 Å². The van der Waals surface area contributed by atoms with Crippen LogP contribution in [-0.2, 0) is 33.4 Å². The second-order valence-electron chi connectivity index (χ2n) is 13.8. The zero-order valence-electron chi connectivity index (χ0n) is 30.1. The lowest BCUT2D eigenvalue weighted by Gasteiger charge is -2.48. The summed E-state index contributed by atoms with van der Waals surface area (Å²) in [6.45, 7) is 5.50. The van der Waals surface area contributed by atoms with Gasteiger partial charge >= 0.3 is 23.9 Å². The van der Waals surface area contributed by atoms with Crippen LogP contribution < -0.4 is 0 Å². The molecule has 0 amide bonds. The van der Waals surface area contributed by atoms with E-state index in [0.717, 1.165) is 31.2 Å². The molecule has 13 nitrogen and oxygen atoms in total. The molecule has 0 unspecified atom stereocenters. The van der Waals surface area contributed by atoms with E-state index in [1.807, 2.05) is 68.5 Å². The average molecular weight is 731 g/mol. The summed E-state index contributed by atoms with van der Waals surface area (Å²) in [5.41, 5.74) is -6.32. The van der Waals surface area contributed by atoms with E-state index in [-0.39, 0.29) is 18.8 Å². The Balaban J connectivity index is 1.75. The quantitative estimate of drug-likeness (QED) is 0.0533. The maximum atomic E-state index is 13.0. The number of carboxylic acids is 3. The Morgan fingerprint density at radius 3 is 2.08 bits per heavy atom. The van der Waals surface area contributed by atoms with Gasteiger partial charge in [0, 0.05) is 12.8 Å². The van der Waals surface area contributed by atoms with Crippen molar-refractivity contribution in [1.29, 1.82) is 0 Å². The van der Waals surface area contributed by atoms with Gasteiger partial charge in [0.2, 0.25) is 23.1 Å². The minimum atomic E-state index is -3.83. The number of aliphatic carboxylic acids is 3. The molecule has 2 saturated heterocycles. The minimum Gasteiger partial charge on any atom is -0.479 e. The van der Waals surface area contributed by atoms with Crippen molar-refractivity contribution in [2.24, 2.45) is 11.8 Å². The van der Waals surface area contributed by atoms with E-state index in [0.29, 0.717) is 25.7 Å². The first-order valence-corrected chi connectivity index (χ1v) is 18.0. The average Bonchev–Trinajstić information content (AvgIpc) is 3.32. The lowest BCUT2D eigenvalue weighted by Crippen LogP contribution is -2.78. The van der Waals surface area contributed by atoms with Gasteiger partial charge in [-0.1, -0.05) is 80.6 Å². The third kappa shape index (κ3) is 9.56. The van der Waals surface area contributed by atoms with Crippen LogP contribution in [0.3, 0.4) is 0 Å². The van der Waals surface area contributed by atoms with Gasteiger partial charge in [-0.15, -0.1) is 0 Å². The molecule has 52 heavy (non-hydrogen) atoms. The minimum absolute atomic E-state index is 0.0253. The van der Waals surface area contributed by atoms with Gasteiger partial charge in [0.05, 0.1) is 6.10 Å². The van der Waals surface area contributed by atoms with Gasteiger partial charge in [-0.2, -0.15) is 0 Å². The number of ether oxygens (including phenoxy) is 3. The first-order chi connectivity index (χ1) is 24.7. The first-order valence-electron chi connectivity index (χ1n) is 18.0. The number of esters is 1. The number of carbonyl (C=O) groups is 4. The van der Waals surface area contributed by atoms with Gasteiger partial charge < -0.3 is 44.8 Å². The van der Waals surface area contributed by atoms with Crippen LogP contribution in [0.25, 0.3) is 6.08 Å². The molecule has 3 rings (SSSR count). The van der Waals surface area contributed by atoms with Crippen molar-refractivity contribution in [3.8, 4) is 0 Å². The number of unbranched alkanes of at least 4 members (excludes halogenated alkanes) is 5. The molecule has 0 saturated carbocycles. The largest absolute Gasteiger partial charge is 0.479 e. The molecule has 0 spiro atoms. The zero-order valence-corrected chi connectivity index (χ0v) is 30.1. The summed E-state index contributed by atoms with van der Waals surface area (Å²) in [6, 6.07) is 9.57. The van der Waals surface area contributed by atoms with E-state index < -0.39 is 77.6 Å². The molecule has 6 N–H and O–H groups in total. The Morgan fingerprint density at radius 2 is 1.50 bits per heavy atom. The number of allylic oxidation sites excluding steroid dienone is 5. The van der Waals surface area contributed by atoms with Gasteiger partial charge in [0.15, 0.2) is 6.10 Å². The highest BCUT2D eigenvalue weighted by molar-refractivity contribution is 5.98. The van der Waals surface area contributed by atoms with Crippen molar-refractivity contribution in [3.05, 3.63) is 66.3 Å². The Labute approximate surface area is 304 Å². The van der Waals surface area contributed by atoms with Gasteiger partial charge in [0.1, 0.15) is 6.10 Å². The van der Waals surface area contributed by atoms with E-state index in [1.165, 1.54) is 0 Å². The van der Waals surface area contributed by atoms with Crippen molar-refractivity contribution >= 4 is 30.0 Å². The summed E-state index contributed by atoms with van der Waals surface area (Å²) in [6.07, 6.45) is 9.20. The molecule has 1 aromatic rings. The highest BCUT2D eigenvalue weighted by Crippen LogP contribution is 2.56. The number of benzene rings is 1. The number of rotatable bonds is 22. The van der Waals surface area contributed by atoms with Crippen LogP contribution in [0.1, 0.15) is 97.0 Å². The molecule has 288 valence electrons. The molecule has 2 aliphatic heterocycles. The van der Waals surface area contributed by atoms with Gasteiger partial charge in [-0.3, -0.25) is 4.79 Å². The predicted octanol–water partition coefficient (Wildman–Crippen LogP) is 4.88. The van der Waals surface area contributed by atoms with Crippen LogP contribution in [0, 0.1) is 11.8 Å². The maximum Gasteiger partial charge on any atom is 0.344 e. The zero-order chi connectivity index (χ0) is 38.5. The Morgan fingerprint density at radius 1 is 0.885 bits per heavy atom. The molecule has 2 aliphatic rings. The van der Waals surface area contributed by atoms with Crippen LogP contribution in [0.4, 0.5) is 0 Å². The lowest BCUT2D eigenvalue weighted by atomic mass is 9.74. The summed E-state index contributed by atoms with van der Waals surface area (Å²) < 4.78 is 16.6. The molecular weight excluding hydrogens is 676 g/mol. The van der Waals surface area contributed by atoms with E-state index in [9.17, 15) is 49.8 Å². The van der Waals surface area contributed by atoms with E-state index in [2.05, 4.69) is 12.2 Å². The number of carbonyl (C=O) groups excluding carboxylic acids is 1. The summed E-state index contributed by atoms with van der Waals surface area (Å²) >= 11 is 0. The van der Waals surface area contributed by atoms with Crippen molar-refractivity contribution < 1.29 is 64.0 Å². The van der Waals surface area contributed by atoms with Crippen LogP contribution in [0.15, 0.2) is 60.7 Å².